The Morgan fingerprint density at radius 2 is 2.10 bits per heavy atom. The lowest BCUT2D eigenvalue weighted by molar-refractivity contribution is -0.385. The second-order valence-electron chi connectivity index (χ2n) is 4.29. The molecule has 0 saturated carbocycles. The quantitative estimate of drug-likeness (QED) is 0.435. The Labute approximate surface area is 118 Å². The van der Waals surface area contributed by atoms with Crippen molar-refractivity contribution >= 4 is 27.3 Å². The molecule has 21 heavy (non-hydrogen) atoms. The van der Waals surface area contributed by atoms with Crippen molar-refractivity contribution in [1.82, 2.24) is 9.62 Å². The first-order chi connectivity index (χ1) is 9.73. The second kappa shape index (κ2) is 5.26. The number of nitrogens with one attached hydrogen (secondary N) is 1. The van der Waals surface area contributed by atoms with E-state index >= 15 is 0 Å². The first-order valence-electron chi connectivity index (χ1n) is 5.73. The van der Waals surface area contributed by atoms with Crippen molar-refractivity contribution in [3.8, 4) is 0 Å². The number of nitrogens with two attached hydrogens (primary N) is 1. The van der Waals surface area contributed by atoms with E-state index in [1.54, 1.807) is 0 Å². The Morgan fingerprint density at radius 1 is 1.43 bits per heavy atom. The molecule has 0 unspecified atom stereocenters. The smallest absolute Gasteiger partial charge is 0.274 e. The van der Waals surface area contributed by atoms with Gasteiger partial charge in [0.1, 0.15) is 4.90 Å². The highest BCUT2D eigenvalue weighted by Gasteiger charge is 2.34. The summed E-state index contributed by atoms with van der Waals surface area (Å²) >= 11 is 0. The molecule has 114 valence electrons. The lowest BCUT2D eigenvalue weighted by Crippen LogP contribution is -2.50. The molecule has 9 nitrogen and oxygen atoms in total. The number of anilines is 1. The van der Waals surface area contributed by atoms with Crippen LogP contribution in [-0.2, 0) is 14.8 Å². The molecule has 1 saturated heterocycles. The van der Waals surface area contributed by atoms with Gasteiger partial charge in [0.05, 0.1) is 23.2 Å². The minimum absolute atomic E-state index is 0.0378. The van der Waals surface area contributed by atoms with Crippen LogP contribution in [0.15, 0.2) is 17.0 Å². The number of carbonyl (C=O) groups is 1. The molecule has 1 amide bonds. The molecule has 3 N–H and O–H groups in total. The molecular weight excluding hydrogens is 307 g/mol. The van der Waals surface area contributed by atoms with Gasteiger partial charge in [0.2, 0.25) is 15.9 Å². The number of hydrogen-bond acceptors (Lipinski definition) is 6. The number of sulfonamides is 1. The van der Waals surface area contributed by atoms with Gasteiger partial charge < -0.3 is 11.1 Å². The minimum Gasteiger partial charge on any atom is -0.397 e. The molecule has 0 aliphatic carbocycles. The lowest BCUT2D eigenvalue weighted by atomic mass is 10.3. The molecule has 11 heteroatoms. The number of amides is 1. The van der Waals surface area contributed by atoms with E-state index in [-0.39, 0.29) is 13.1 Å². The monoisotopic (exact) mass is 318 g/mol. The van der Waals surface area contributed by atoms with E-state index in [1.807, 2.05) is 0 Å². The van der Waals surface area contributed by atoms with Crippen LogP contribution in [0.4, 0.5) is 15.8 Å². The predicted octanol–water partition coefficient (Wildman–Crippen LogP) is -0.563. The van der Waals surface area contributed by atoms with E-state index in [0.717, 1.165) is 10.4 Å². The summed E-state index contributed by atoms with van der Waals surface area (Å²) in [6.45, 7) is -0.408. The van der Waals surface area contributed by atoms with Gasteiger partial charge >= 0.3 is 0 Å². The van der Waals surface area contributed by atoms with Crippen LogP contribution in [0.25, 0.3) is 0 Å². The molecule has 0 atom stereocenters. The Balaban J connectivity index is 2.50. The zero-order chi connectivity index (χ0) is 15.8. The van der Waals surface area contributed by atoms with Crippen LogP contribution >= 0.6 is 0 Å². The van der Waals surface area contributed by atoms with E-state index in [9.17, 15) is 27.7 Å². The SMILES string of the molecule is Nc1cc([N+](=O)[O-])cc(F)c1S(=O)(=O)N1CCNC(=O)C1. The minimum atomic E-state index is -4.35. The number of nitro benzene ring substituents is 1. The molecule has 1 aliphatic heterocycles. The van der Waals surface area contributed by atoms with E-state index in [0.29, 0.717) is 6.07 Å². The fourth-order valence-electron chi connectivity index (χ4n) is 1.93. The fourth-order valence-corrected chi connectivity index (χ4v) is 3.47. The molecule has 1 aliphatic rings. The fraction of sp³-hybridized carbons (Fsp3) is 0.300. The third kappa shape index (κ3) is 2.78. The number of halogens is 1. The first-order valence-corrected chi connectivity index (χ1v) is 7.17. The van der Waals surface area contributed by atoms with Gasteiger partial charge in [-0.2, -0.15) is 4.31 Å². The van der Waals surface area contributed by atoms with Crippen molar-refractivity contribution in [3.05, 3.63) is 28.1 Å². The number of nitro groups is 1. The van der Waals surface area contributed by atoms with Crippen molar-refractivity contribution in [2.24, 2.45) is 0 Å². The van der Waals surface area contributed by atoms with Gasteiger partial charge in [-0.1, -0.05) is 0 Å². The third-order valence-corrected chi connectivity index (χ3v) is 4.81. The largest absolute Gasteiger partial charge is 0.397 e. The van der Waals surface area contributed by atoms with Crippen LogP contribution in [0.5, 0.6) is 0 Å². The molecular formula is C10H11FN4O5S. The molecule has 0 aromatic heterocycles. The zero-order valence-electron chi connectivity index (χ0n) is 10.6. The van der Waals surface area contributed by atoms with Crippen LogP contribution in [-0.4, -0.2) is 43.2 Å². The average Bonchev–Trinajstić information content (AvgIpc) is 2.37. The maximum absolute atomic E-state index is 13.9. The number of benzene rings is 1. The molecule has 0 spiro atoms. The third-order valence-electron chi connectivity index (χ3n) is 2.87. The summed E-state index contributed by atoms with van der Waals surface area (Å²) in [7, 11) is -4.35. The number of nitrogens with zero attached hydrogens (tertiary/aromatic N) is 2. The normalized spacial score (nSPS) is 16.5. The van der Waals surface area contributed by atoms with Crippen molar-refractivity contribution in [2.75, 3.05) is 25.4 Å². The summed E-state index contributed by atoms with van der Waals surface area (Å²) < 4.78 is 39.3. The summed E-state index contributed by atoms with van der Waals surface area (Å²) in [6.07, 6.45) is 0. The van der Waals surface area contributed by atoms with Gasteiger partial charge in [-0.05, 0) is 0 Å². The molecule has 0 bridgehead atoms. The summed E-state index contributed by atoms with van der Waals surface area (Å²) in [5, 5.41) is 13.0. The van der Waals surface area contributed by atoms with Crippen LogP contribution in [0.1, 0.15) is 0 Å². The lowest BCUT2D eigenvalue weighted by Gasteiger charge is -2.26. The molecule has 0 radical (unpaired) electrons. The summed E-state index contributed by atoms with van der Waals surface area (Å²) in [5.41, 5.74) is 4.21. The van der Waals surface area contributed by atoms with Gasteiger partial charge in [0.25, 0.3) is 5.69 Å². The number of non-ortho nitro benzene ring substituents is 1. The van der Waals surface area contributed by atoms with Crippen LogP contribution < -0.4 is 11.1 Å². The zero-order valence-corrected chi connectivity index (χ0v) is 11.4. The van der Waals surface area contributed by atoms with Gasteiger partial charge in [0.15, 0.2) is 5.82 Å². The van der Waals surface area contributed by atoms with Crippen molar-refractivity contribution in [1.29, 1.82) is 0 Å². The Bertz CT molecular complexity index is 697. The van der Waals surface area contributed by atoms with E-state index in [4.69, 9.17) is 5.73 Å². The maximum Gasteiger partial charge on any atom is 0.274 e. The standard InChI is InChI=1S/C10H11FN4O5S/c11-7-3-6(15(17)18)4-8(12)10(7)21(19,20)14-2-1-13-9(16)5-14/h3-4H,1-2,5,12H2,(H,13,16). The van der Waals surface area contributed by atoms with Gasteiger partial charge in [-0.25, -0.2) is 12.8 Å². The van der Waals surface area contributed by atoms with E-state index in [2.05, 4.69) is 5.32 Å². The topological polar surface area (TPSA) is 136 Å². The van der Waals surface area contributed by atoms with Gasteiger partial charge in [-0.3, -0.25) is 14.9 Å². The molecule has 1 heterocycles. The van der Waals surface area contributed by atoms with E-state index in [1.165, 1.54) is 0 Å². The number of carbonyl (C=O) groups excluding carboxylic acids is 1. The summed E-state index contributed by atoms with van der Waals surface area (Å²) in [4.78, 5) is 20.1. The average molecular weight is 318 g/mol. The highest BCUT2D eigenvalue weighted by molar-refractivity contribution is 7.89. The van der Waals surface area contributed by atoms with Crippen LogP contribution in [0.2, 0.25) is 0 Å². The van der Waals surface area contributed by atoms with Crippen molar-refractivity contribution in [2.45, 2.75) is 4.90 Å². The molecule has 1 aromatic rings. The van der Waals surface area contributed by atoms with Gasteiger partial charge in [-0.15, -0.1) is 0 Å². The predicted molar refractivity (Wildman–Crippen MR) is 69.2 cm³/mol. The van der Waals surface area contributed by atoms with Crippen LogP contribution in [0, 0.1) is 15.9 Å². The molecule has 2 rings (SSSR count). The summed E-state index contributed by atoms with van der Waals surface area (Å²) in [5.74, 6) is -1.85. The molecule has 1 fully saturated rings. The van der Waals surface area contributed by atoms with Gasteiger partial charge in [0, 0.05) is 19.2 Å². The highest BCUT2D eigenvalue weighted by atomic mass is 32.2. The Morgan fingerprint density at radius 3 is 2.62 bits per heavy atom. The van der Waals surface area contributed by atoms with E-state index < -0.39 is 49.5 Å². The first kappa shape index (κ1) is 15.1. The summed E-state index contributed by atoms with van der Waals surface area (Å²) in [6, 6.07) is 1.24. The number of piperazine rings is 1. The number of hydrogen-bond donors (Lipinski definition) is 2. The maximum atomic E-state index is 13.9. The highest BCUT2D eigenvalue weighted by Crippen LogP contribution is 2.30. The Hall–Kier alpha value is -2.27. The second-order valence-corrected chi connectivity index (χ2v) is 6.17. The van der Waals surface area contributed by atoms with Crippen molar-refractivity contribution in [3.63, 3.8) is 0 Å². The van der Waals surface area contributed by atoms with Crippen molar-refractivity contribution < 1.29 is 22.5 Å². The molecule has 1 aromatic carbocycles. The Kier molecular flexibility index (Phi) is 3.78. The number of nitrogen functional groups attached to an aromatic ring is 1. The number of rotatable bonds is 3. The van der Waals surface area contributed by atoms with Crippen LogP contribution in [0.3, 0.4) is 0 Å².